The summed E-state index contributed by atoms with van der Waals surface area (Å²) in [6.45, 7) is 6.78. The van der Waals surface area contributed by atoms with Crippen molar-refractivity contribution in [3.8, 4) is 0 Å². The summed E-state index contributed by atoms with van der Waals surface area (Å²) in [5.74, 6) is 0.733. The number of nitrogens with one attached hydrogen (secondary N) is 1. The van der Waals surface area contributed by atoms with Crippen LogP contribution in [0.2, 0.25) is 0 Å². The van der Waals surface area contributed by atoms with Crippen molar-refractivity contribution in [3.05, 3.63) is 48.2 Å². The summed E-state index contributed by atoms with van der Waals surface area (Å²) in [5, 5.41) is 8.30. The largest absolute Gasteiger partial charge is 0.449 e. The van der Waals surface area contributed by atoms with E-state index >= 15 is 0 Å². The number of amides is 2. The highest BCUT2D eigenvalue weighted by atomic mass is 16.3. The van der Waals surface area contributed by atoms with E-state index in [-0.39, 0.29) is 23.1 Å². The number of aryl methyl sites for hydroxylation is 1. The van der Waals surface area contributed by atoms with Crippen molar-refractivity contribution in [2.24, 2.45) is 17.3 Å². The van der Waals surface area contributed by atoms with Crippen molar-refractivity contribution in [1.82, 2.24) is 25.0 Å². The molecular formula is C24H29N5O3. The van der Waals surface area contributed by atoms with Crippen LogP contribution in [0.3, 0.4) is 0 Å². The molecule has 1 spiro atoms. The molecule has 1 aliphatic carbocycles. The van der Waals surface area contributed by atoms with Crippen LogP contribution in [0.1, 0.15) is 42.4 Å². The van der Waals surface area contributed by atoms with Crippen LogP contribution >= 0.6 is 0 Å². The number of piperidine rings is 1. The Bertz CT molecular complexity index is 1110. The summed E-state index contributed by atoms with van der Waals surface area (Å²) < 4.78 is 7.45. The fourth-order valence-electron chi connectivity index (χ4n) is 5.04. The molecule has 168 valence electrons. The Hall–Kier alpha value is -3.16. The molecule has 8 nitrogen and oxygen atoms in total. The normalized spacial score (nSPS) is 20.4. The third-order valence-electron chi connectivity index (χ3n) is 7.14. The number of aromatic nitrogens is 3. The van der Waals surface area contributed by atoms with Gasteiger partial charge in [0.2, 0.25) is 5.91 Å². The first-order valence-corrected chi connectivity index (χ1v) is 11.3. The second-order valence-corrected chi connectivity index (χ2v) is 9.40. The van der Waals surface area contributed by atoms with Gasteiger partial charge in [-0.3, -0.25) is 19.3 Å². The number of hydrogen-bond acceptors (Lipinski definition) is 5. The SMILES string of the molecule is Cc1ccn(CC(C)C(=O)N2CCC3(CC2)CC3CNC(=O)c2cc3ccncc3o2)n1. The van der Waals surface area contributed by atoms with E-state index in [1.54, 1.807) is 18.5 Å². The zero-order valence-corrected chi connectivity index (χ0v) is 18.6. The lowest BCUT2D eigenvalue weighted by molar-refractivity contribution is -0.137. The molecular weight excluding hydrogens is 406 g/mol. The summed E-state index contributed by atoms with van der Waals surface area (Å²) in [6, 6.07) is 5.54. The van der Waals surface area contributed by atoms with Crippen molar-refractivity contribution in [1.29, 1.82) is 0 Å². The lowest BCUT2D eigenvalue weighted by Gasteiger charge is -2.34. The zero-order valence-electron chi connectivity index (χ0n) is 18.6. The molecule has 0 bridgehead atoms. The third kappa shape index (κ3) is 4.01. The van der Waals surface area contributed by atoms with Crippen LogP contribution in [-0.2, 0) is 11.3 Å². The molecule has 8 heteroatoms. The number of likely N-dealkylation sites (tertiary alicyclic amines) is 1. The Labute approximate surface area is 187 Å². The van der Waals surface area contributed by atoms with Crippen molar-refractivity contribution in [2.45, 2.75) is 39.7 Å². The lowest BCUT2D eigenvalue weighted by Crippen LogP contribution is -2.43. The Morgan fingerprint density at radius 3 is 2.84 bits per heavy atom. The fraction of sp³-hybridized carbons (Fsp3) is 0.500. The number of nitrogens with zero attached hydrogens (tertiary/aromatic N) is 4. The molecule has 2 atom stereocenters. The van der Waals surface area contributed by atoms with E-state index in [1.165, 1.54) is 0 Å². The number of carbonyl (C=O) groups excluding carboxylic acids is 2. The molecule has 4 heterocycles. The standard InChI is InChI=1S/C24H29N5O3/c1-16(15-29-8-4-17(2)27-29)23(31)28-9-5-24(6-10-28)12-19(24)13-26-22(30)20-11-18-3-7-25-14-21(18)32-20/h3-4,7-8,11,14,16,19H,5-6,9-10,12-13,15H2,1-2H3,(H,26,30). The number of pyridine rings is 1. The maximum absolute atomic E-state index is 12.9. The van der Waals surface area contributed by atoms with Gasteiger partial charge in [0, 0.05) is 37.4 Å². The summed E-state index contributed by atoms with van der Waals surface area (Å²) in [5.41, 5.74) is 1.85. The number of rotatable bonds is 6. The van der Waals surface area contributed by atoms with Crippen LogP contribution in [0, 0.1) is 24.2 Å². The van der Waals surface area contributed by atoms with Gasteiger partial charge in [-0.15, -0.1) is 0 Å². The van der Waals surface area contributed by atoms with E-state index in [1.807, 2.05) is 41.8 Å². The molecule has 1 aliphatic heterocycles. The van der Waals surface area contributed by atoms with Crippen LogP contribution in [0.15, 0.2) is 41.2 Å². The highest BCUT2D eigenvalue weighted by molar-refractivity contribution is 5.95. The second-order valence-electron chi connectivity index (χ2n) is 9.40. The first kappa shape index (κ1) is 20.7. The summed E-state index contributed by atoms with van der Waals surface area (Å²) >= 11 is 0. The average Bonchev–Trinajstić information content (AvgIpc) is 3.11. The van der Waals surface area contributed by atoms with E-state index < -0.39 is 0 Å². The highest BCUT2D eigenvalue weighted by Gasteiger charge is 2.54. The van der Waals surface area contributed by atoms with E-state index in [9.17, 15) is 9.59 Å². The third-order valence-corrected chi connectivity index (χ3v) is 7.14. The van der Waals surface area contributed by atoms with Crippen LogP contribution in [-0.4, -0.2) is 51.1 Å². The van der Waals surface area contributed by atoms with E-state index in [0.29, 0.717) is 30.4 Å². The molecule has 1 N–H and O–H groups in total. The maximum atomic E-state index is 12.9. The van der Waals surface area contributed by atoms with Gasteiger partial charge in [0.25, 0.3) is 5.91 Å². The van der Waals surface area contributed by atoms with Gasteiger partial charge in [-0.1, -0.05) is 6.92 Å². The second kappa shape index (κ2) is 8.07. The highest BCUT2D eigenvalue weighted by Crippen LogP contribution is 2.59. The molecule has 0 aromatic carbocycles. The molecule has 0 radical (unpaired) electrons. The number of furan rings is 1. The van der Waals surface area contributed by atoms with Gasteiger partial charge in [0.05, 0.1) is 24.4 Å². The Kier molecular flexibility index (Phi) is 5.23. The summed E-state index contributed by atoms with van der Waals surface area (Å²) in [7, 11) is 0. The molecule has 2 unspecified atom stereocenters. The summed E-state index contributed by atoms with van der Waals surface area (Å²) in [4.78, 5) is 31.4. The van der Waals surface area contributed by atoms with Crippen molar-refractivity contribution >= 4 is 22.8 Å². The molecule has 1 saturated heterocycles. The predicted molar refractivity (Wildman–Crippen MR) is 119 cm³/mol. The number of fused-ring (bicyclic) bond motifs is 1. The molecule has 3 aromatic rings. The summed E-state index contributed by atoms with van der Waals surface area (Å²) in [6.07, 6.45) is 8.35. The van der Waals surface area contributed by atoms with Crippen molar-refractivity contribution < 1.29 is 14.0 Å². The van der Waals surface area contributed by atoms with E-state index in [0.717, 1.165) is 43.4 Å². The quantitative estimate of drug-likeness (QED) is 0.642. The fourth-order valence-corrected chi connectivity index (χ4v) is 5.04. The molecule has 32 heavy (non-hydrogen) atoms. The van der Waals surface area contributed by atoms with E-state index in [4.69, 9.17) is 4.42 Å². The van der Waals surface area contributed by atoms with E-state index in [2.05, 4.69) is 15.4 Å². The average molecular weight is 436 g/mol. The Morgan fingerprint density at radius 1 is 1.31 bits per heavy atom. The predicted octanol–water partition coefficient (Wildman–Crippen LogP) is 3.03. The minimum atomic E-state index is -0.182. The van der Waals surface area contributed by atoms with Crippen molar-refractivity contribution in [3.63, 3.8) is 0 Å². The monoisotopic (exact) mass is 435 g/mol. The smallest absolute Gasteiger partial charge is 0.287 e. The molecule has 5 rings (SSSR count). The molecule has 1 saturated carbocycles. The lowest BCUT2D eigenvalue weighted by atomic mass is 9.90. The Morgan fingerprint density at radius 2 is 2.12 bits per heavy atom. The van der Waals surface area contributed by atoms with Gasteiger partial charge in [0.1, 0.15) is 0 Å². The minimum absolute atomic E-state index is 0.0864. The first-order valence-electron chi connectivity index (χ1n) is 11.3. The Balaban J connectivity index is 1.09. The number of hydrogen-bond donors (Lipinski definition) is 1. The van der Waals surface area contributed by atoms with Gasteiger partial charge >= 0.3 is 0 Å². The van der Waals surface area contributed by atoms with Gasteiger partial charge in [0.15, 0.2) is 11.3 Å². The van der Waals surface area contributed by atoms with Crippen LogP contribution in [0.4, 0.5) is 0 Å². The zero-order chi connectivity index (χ0) is 22.3. The van der Waals surface area contributed by atoms with Gasteiger partial charge in [-0.2, -0.15) is 5.10 Å². The molecule has 2 amide bonds. The minimum Gasteiger partial charge on any atom is -0.449 e. The molecule has 2 fully saturated rings. The van der Waals surface area contributed by atoms with Crippen LogP contribution in [0.25, 0.3) is 11.0 Å². The van der Waals surface area contributed by atoms with Gasteiger partial charge in [-0.25, -0.2) is 0 Å². The first-order chi connectivity index (χ1) is 15.4. The van der Waals surface area contributed by atoms with Crippen LogP contribution in [0.5, 0.6) is 0 Å². The maximum Gasteiger partial charge on any atom is 0.287 e. The molecule has 3 aromatic heterocycles. The number of carbonyl (C=O) groups is 2. The van der Waals surface area contributed by atoms with Crippen molar-refractivity contribution in [2.75, 3.05) is 19.6 Å². The van der Waals surface area contributed by atoms with Gasteiger partial charge in [-0.05, 0) is 55.7 Å². The molecule has 2 aliphatic rings. The van der Waals surface area contributed by atoms with Gasteiger partial charge < -0.3 is 14.6 Å². The topological polar surface area (TPSA) is 93.3 Å². The van der Waals surface area contributed by atoms with Crippen LogP contribution < -0.4 is 5.32 Å².